The van der Waals surface area contributed by atoms with Gasteiger partial charge in [0.2, 0.25) is 0 Å². The van der Waals surface area contributed by atoms with Crippen molar-refractivity contribution in [1.82, 2.24) is 19.5 Å². The highest BCUT2D eigenvalue weighted by Gasteiger charge is 2.06. The van der Waals surface area contributed by atoms with E-state index in [1.54, 1.807) is 40.6 Å². The minimum Gasteiger partial charge on any atom is -0.299 e. The van der Waals surface area contributed by atoms with E-state index in [0.29, 0.717) is 17.6 Å². The monoisotopic (exact) mass is 300 g/mol. The van der Waals surface area contributed by atoms with Crippen LogP contribution in [0.25, 0.3) is 11.0 Å². The van der Waals surface area contributed by atoms with Crippen LogP contribution in [0.15, 0.2) is 29.5 Å². The standard InChI is InChI=1S/C15H16N4OS/c1-10-11(2)21-13(18-10)6-4-8-19-9-17-14-12(15(19)20)5-3-7-16-14/h3,5,7,9H,4,6,8H2,1-2H3. The van der Waals surface area contributed by atoms with E-state index in [-0.39, 0.29) is 5.56 Å². The molecule has 0 unspecified atom stereocenters. The van der Waals surface area contributed by atoms with Crippen molar-refractivity contribution < 1.29 is 0 Å². The number of hydrogen-bond acceptors (Lipinski definition) is 5. The van der Waals surface area contributed by atoms with Crippen molar-refractivity contribution in [2.45, 2.75) is 33.2 Å². The van der Waals surface area contributed by atoms with E-state index in [1.807, 2.05) is 6.92 Å². The number of pyridine rings is 1. The number of rotatable bonds is 4. The lowest BCUT2D eigenvalue weighted by molar-refractivity contribution is 0.615. The summed E-state index contributed by atoms with van der Waals surface area (Å²) in [6.45, 7) is 4.76. The Hall–Kier alpha value is -2.08. The summed E-state index contributed by atoms with van der Waals surface area (Å²) in [7, 11) is 0. The molecule has 3 aromatic rings. The molecule has 5 nitrogen and oxygen atoms in total. The molecule has 0 fully saturated rings. The van der Waals surface area contributed by atoms with Crippen LogP contribution in [-0.2, 0) is 13.0 Å². The molecule has 3 heterocycles. The van der Waals surface area contributed by atoms with Gasteiger partial charge < -0.3 is 0 Å². The zero-order chi connectivity index (χ0) is 14.8. The molecule has 21 heavy (non-hydrogen) atoms. The highest BCUT2D eigenvalue weighted by atomic mass is 32.1. The molecule has 0 aromatic carbocycles. The van der Waals surface area contributed by atoms with E-state index in [4.69, 9.17) is 0 Å². The minimum absolute atomic E-state index is 0.0281. The van der Waals surface area contributed by atoms with Gasteiger partial charge >= 0.3 is 0 Å². The molecule has 0 atom stereocenters. The van der Waals surface area contributed by atoms with Gasteiger partial charge in [-0.1, -0.05) is 0 Å². The zero-order valence-corrected chi connectivity index (χ0v) is 12.9. The quantitative estimate of drug-likeness (QED) is 0.742. The molecule has 6 heteroatoms. The maximum absolute atomic E-state index is 12.3. The van der Waals surface area contributed by atoms with Crippen molar-refractivity contribution >= 4 is 22.4 Å². The molecule has 3 rings (SSSR count). The maximum atomic E-state index is 12.3. The van der Waals surface area contributed by atoms with E-state index >= 15 is 0 Å². The molecule has 3 aromatic heterocycles. The van der Waals surface area contributed by atoms with Crippen LogP contribution < -0.4 is 5.56 Å². The molecule has 0 saturated heterocycles. The van der Waals surface area contributed by atoms with E-state index in [2.05, 4.69) is 21.9 Å². The van der Waals surface area contributed by atoms with Crippen molar-refractivity contribution in [3.05, 3.63) is 50.6 Å². The highest BCUT2D eigenvalue weighted by Crippen LogP contribution is 2.17. The number of hydrogen-bond donors (Lipinski definition) is 0. The van der Waals surface area contributed by atoms with Crippen LogP contribution in [0.5, 0.6) is 0 Å². The van der Waals surface area contributed by atoms with Gasteiger partial charge in [0.05, 0.1) is 22.4 Å². The second-order valence-electron chi connectivity index (χ2n) is 4.97. The Morgan fingerprint density at radius 2 is 2.14 bits per heavy atom. The number of aryl methyl sites for hydroxylation is 4. The van der Waals surface area contributed by atoms with E-state index < -0.39 is 0 Å². The normalized spacial score (nSPS) is 11.1. The summed E-state index contributed by atoms with van der Waals surface area (Å²) in [6.07, 6.45) is 4.98. The van der Waals surface area contributed by atoms with Gasteiger partial charge in [-0.3, -0.25) is 9.36 Å². The first kappa shape index (κ1) is 13.9. The fourth-order valence-electron chi connectivity index (χ4n) is 2.20. The Balaban J connectivity index is 1.73. The Bertz CT molecular complexity index is 818. The van der Waals surface area contributed by atoms with Crippen LogP contribution in [0.4, 0.5) is 0 Å². The molecule has 0 aliphatic heterocycles. The van der Waals surface area contributed by atoms with Crippen LogP contribution in [0.1, 0.15) is 22.0 Å². The summed E-state index contributed by atoms with van der Waals surface area (Å²) < 4.78 is 1.65. The van der Waals surface area contributed by atoms with Crippen molar-refractivity contribution in [3.8, 4) is 0 Å². The summed E-state index contributed by atoms with van der Waals surface area (Å²) in [5.41, 5.74) is 1.58. The average molecular weight is 300 g/mol. The van der Waals surface area contributed by atoms with Gasteiger partial charge in [0, 0.05) is 24.0 Å². The van der Waals surface area contributed by atoms with Gasteiger partial charge in [-0.25, -0.2) is 15.0 Å². The van der Waals surface area contributed by atoms with Crippen molar-refractivity contribution in [2.75, 3.05) is 0 Å². The Morgan fingerprint density at radius 1 is 1.29 bits per heavy atom. The topological polar surface area (TPSA) is 60.7 Å². The molecule has 0 spiro atoms. The average Bonchev–Trinajstić information content (AvgIpc) is 2.80. The van der Waals surface area contributed by atoms with E-state index in [0.717, 1.165) is 23.5 Å². The van der Waals surface area contributed by atoms with Gasteiger partial charge in [0.25, 0.3) is 5.56 Å². The second-order valence-corrected chi connectivity index (χ2v) is 6.26. The largest absolute Gasteiger partial charge is 0.299 e. The highest BCUT2D eigenvalue weighted by molar-refractivity contribution is 7.11. The zero-order valence-electron chi connectivity index (χ0n) is 12.0. The predicted octanol–water partition coefficient (Wildman–Crippen LogP) is 2.50. The van der Waals surface area contributed by atoms with Crippen LogP contribution in [0, 0.1) is 13.8 Å². The first-order valence-electron chi connectivity index (χ1n) is 6.88. The van der Waals surface area contributed by atoms with Crippen molar-refractivity contribution in [1.29, 1.82) is 0 Å². The molecule has 0 saturated carbocycles. The molecule has 0 bridgehead atoms. The Labute approximate surface area is 126 Å². The number of aromatic nitrogens is 4. The van der Waals surface area contributed by atoms with E-state index in [1.165, 1.54) is 4.88 Å². The molecular formula is C15H16N4OS. The van der Waals surface area contributed by atoms with Gasteiger partial charge in [-0.05, 0) is 32.4 Å². The SMILES string of the molecule is Cc1nc(CCCn2cnc3ncccc3c2=O)sc1C. The third-order valence-corrected chi connectivity index (χ3v) is 4.59. The van der Waals surface area contributed by atoms with Crippen LogP contribution in [-0.4, -0.2) is 19.5 Å². The van der Waals surface area contributed by atoms with Crippen LogP contribution in [0.2, 0.25) is 0 Å². The lowest BCUT2D eigenvalue weighted by atomic mass is 10.3. The molecule has 0 amide bonds. The number of fused-ring (bicyclic) bond motifs is 1. The Kier molecular flexibility index (Phi) is 3.79. The summed E-state index contributed by atoms with van der Waals surface area (Å²) in [5, 5.41) is 1.70. The first-order chi connectivity index (χ1) is 10.1. The van der Waals surface area contributed by atoms with Crippen molar-refractivity contribution in [2.24, 2.45) is 0 Å². The van der Waals surface area contributed by atoms with Gasteiger partial charge in [-0.15, -0.1) is 11.3 Å². The van der Waals surface area contributed by atoms with Crippen LogP contribution in [0.3, 0.4) is 0 Å². The van der Waals surface area contributed by atoms with Gasteiger partial charge in [0.1, 0.15) is 0 Å². The minimum atomic E-state index is -0.0281. The predicted molar refractivity (Wildman–Crippen MR) is 83.7 cm³/mol. The molecule has 0 N–H and O–H groups in total. The molecule has 0 aliphatic rings. The molecular weight excluding hydrogens is 284 g/mol. The van der Waals surface area contributed by atoms with Gasteiger partial charge in [0.15, 0.2) is 5.65 Å². The fraction of sp³-hybridized carbons (Fsp3) is 0.333. The summed E-state index contributed by atoms with van der Waals surface area (Å²) in [6, 6.07) is 3.53. The van der Waals surface area contributed by atoms with E-state index in [9.17, 15) is 4.79 Å². The lowest BCUT2D eigenvalue weighted by Gasteiger charge is -2.05. The Morgan fingerprint density at radius 3 is 2.90 bits per heavy atom. The third-order valence-electron chi connectivity index (χ3n) is 3.46. The van der Waals surface area contributed by atoms with Crippen LogP contribution >= 0.6 is 11.3 Å². The molecule has 0 aliphatic carbocycles. The summed E-state index contributed by atoms with van der Waals surface area (Å²) in [5.74, 6) is 0. The first-order valence-corrected chi connectivity index (χ1v) is 7.70. The van der Waals surface area contributed by atoms with Gasteiger partial charge in [-0.2, -0.15) is 0 Å². The number of thiazole rings is 1. The number of nitrogens with zero attached hydrogens (tertiary/aromatic N) is 4. The fourth-order valence-corrected chi connectivity index (χ4v) is 3.18. The third kappa shape index (κ3) is 2.85. The second kappa shape index (κ2) is 5.73. The smallest absolute Gasteiger partial charge is 0.262 e. The summed E-state index contributed by atoms with van der Waals surface area (Å²) >= 11 is 1.73. The lowest BCUT2D eigenvalue weighted by Crippen LogP contribution is -2.21. The summed E-state index contributed by atoms with van der Waals surface area (Å²) in [4.78, 5) is 26.4. The molecule has 0 radical (unpaired) electrons. The maximum Gasteiger partial charge on any atom is 0.262 e. The van der Waals surface area contributed by atoms with Crippen molar-refractivity contribution in [3.63, 3.8) is 0 Å². The molecule has 108 valence electrons.